The maximum Gasteiger partial charge on any atom is 0.251 e. The van der Waals surface area contributed by atoms with Crippen LogP contribution in [-0.2, 0) is 4.79 Å². The zero-order valence-corrected chi connectivity index (χ0v) is 18.3. The maximum atomic E-state index is 12.4. The van der Waals surface area contributed by atoms with Crippen LogP contribution in [0, 0.1) is 0 Å². The number of amides is 2. The van der Waals surface area contributed by atoms with E-state index < -0.39 is 0 Å². The van der Waals surface area contributed by atoms with E-state index >= 15 is 0 Å². The zero-order chi connectivity index (χ0) is 22.8. The van der Waals surface area contributed by atoms with E-state index in [1.54, 1.807) is 18.2 Å². The molecular formula is C26H28N2O4. The average Bonchev–Trinajstić information content (AvgIpc) is 2.85. The summed E-state index contributed by atoms with van der Waals surface area (Å²) >= 11 is 0. The van der Waals surface area contributed by atoms with Crippen LogP contribution in [0.4, 0.5) is 0 Å². The SMILES string of the molecule is COc1ccc(C(=O)NCC(=O)NCCC(c2ccccc2)c2ccccc2)cc1OC. The third kappa shape index (κ3) is 6.11. The number of carbonyl (C=O) groups excluding carboxylic acids is 2. The van der Waals surface area contributed by atoms with Gasteiger partial charge in [-0.3, -0.25) is 9.59 Å². The second-order valence-electron chi connectivity index (χ2n) is 7.27. The second-order valence-corrected chi connectivity index (χ2v) is 7.27. The average molecular weight is 433 g/mol. The number of carbonyl (C=O) groups is 2. The Labute approximate surface area is 188 Å². The summed E-state index contributed by atoms with van der Waals surface area (Å²) in [7, 11) is 3.03. The van der Waals surface area contributed by atoms with E-state index in [4.69, 9.17) is 9.47 Å². The molecule has 32 heavy (non-hydrogen) atoms. The van der Waals surface area contributed by atoms with Gasteiger partial charge < -0.3 is 20.1 Å². The van der Waals surface area contributed by atoms with Gasteiger partial charge in [0.15, 0.2) is 11.5 Å². The molecule has 3 aromatic carbocycles. The molecular weight excluding hydrogens is 404 g/mol. The van der Waals surface area contributed by atoms with Crippen LogP contribution < -0.4 is 20.1 Å². The number of rotatable bonds is 10. The molecule has 0 spiro atoms. The van der Waals surface area contributed by atoms with E-state index in [1.807, 2.05) is 36.4 Å². The zero-order valence-electron chi connectivity index (χ0n) is 18.3. The van der Waals surface area contributed by atoms with Crippen LogP contribution >= 0.6 is 0 Å². The summed E-state index contributed by atoms with van der Waals surface area (Å²) in [5.74, 6) is 0.580. The van der Waals surface area contributed by atoms with Gasteiger partial charge in [-0.25, -0.2) is 0 Å². The van der Waals surface area contributed by atoms with Crippen LogP contribution in [0.3, 0.4) is 0 Å². The Hall–Kier alpha value is -3.80. The van der Waals surface area contributed by atoms with Gasteiger partial charge in [-0.15, -0.1) is 0 Å². The van der Waals surface area contributed by atoms with E-state index in [2.05, 4.69) is 34.9 Å². The fourth-order valence-electron chi connectivity index (χ4n) is 3.55. The lowest BCUT2D eigenvalue weighted by atomic mass is 9.88. The number of hydrogen-bond donors (Lipinski definition) is 2. The van der Waals surface area contributed by atoms with Crippen molar-refractivity contribution in [2.75, 3.05) is 27.3 Å². The fraction of sp³-hybridized carbons (Fsp3) is 0.231. The van der Waals surface area contributed by atoms with Crippen LogP contribution in [0.25, 0.3) is 0 Å². The molecule has 0 saturated heterocycles. The normalized spacial score (nSPS) is 10.5. The number of ether oxygens (including phenoxy) is 2. The predicted octanol–water partition coefficient (Wildman–Crippen LogP) is 3.77. The number of hydrogen-bond acceptors (Lipinski definition) is 4. The summed E-state index contributed by atoms with van der Waals surface area (Å²) in [6.45, 7) is 0.397. The molecule has 6 heteroatoms. The highest BCUT2D eigenvalue weighted by molar-refractivity contribution is 5.97. The Morgan fingerprint density at radius 3 is 1.94 bits per heavy atom. The van der Waals surface area contributed by atoms with Crippen LogP contribution in [0.5, 0.6) is 11.5 Å². The van der Waals surface area contributed by atoms with Crippen molar-refractivity contribution in [3.8, 4) is 11.5 Å². The molecule has 0 bridgehead atoms. The summed E-state index contributed by atoms with van der Waals surface area (Å²) in [6.07, 6.45) is 0.753. The minimum Gasteiger partial charge on any atom is -0.493 e. The highest BCUT2D eigenvalue weighted by atomic mass is 16.5. The Bertz CT molecular complexity index is 983. The Morgan fingerprint density at radius 2 is 1.38 bits per heavy atom. The number of benzene rings is 3. The van der Waals surface area contributed by atoms with Crippen molar-refractivity contribution in [1.29, 1.82) is 0 Å². The first-order valence-electron chi connectivity index (χ1n) is 10.5. The Morgan fingerprint density at radius 1 is 0.781 bits per heavy atom. The number of methoxy groups -OCH3 is 2. The molecule has 0 saturated carbocycles. The molecule has 0 unspecified atom stereocenters. The molecule has 0 atom stereocenters. The Balaban J connectivity index is 1.52. The molecule has 0 radical (unpaired) electrons. The monoisotopic (exact) mass is 432 g/mol. The van der Waals surface area contributed by atoms with Crippen molar-refractivity contribution in [2.24, 2.45) is 0 Å². The third-order valence-corrected chi connectivity index (χ3v) is 5.21. The molecule has 3 rings (SSSR count). The molecule has 0 aromatic heterocycles. The number of nitrogens with one attached hydrogen (secondary N) is 2. The van der Waals surface area contributed by atoms with Gasteiger partial charge in [0.25, 0.3) is 5.91 Å². The molecule has 0 aliphatic rings. The molecule has 0 heterocycles. The lowest BCUT2D eigenvalue weighted by Gasteiger charge is -2.18. The molecule has 2 amide bonds. The maximum absolute atomic E-state index is 12.4. The van der Waals surface area contributed by atoms with Gasteiger partial charge in [-0.2, -0.15) is 0 Å². The minimum absolute atomic E-state index is 0.103. The van der Waals surface area contributed by atoms with Gasteiger partial charge in [0.2, 0.25) is 5.91 Å². The largest absolute Gasteiger partial charge is 0.493 e. The smallest absolute Gasteiger partial charge is 0.251 e. The quantitative estimate of drug-likeness (QED) is 0.511. The molecule has 0 aliphatic carbocycles. The van der Waals surface area contributed by atoms with Crippen molar-refractivity contribution < 1.29 is 19.1 Å². The summed E-state index contributed by atoms with van der Waals surface area (Å²) in [5, 5.41) is 5.54. The van der Waals surface area contributed by atoms with E-state index in [0.717, 1.165) is 6.42 Å². The predicted molar refractivity (Wildman–Crippen MR) is 124 cm³/mol. The van der Waals surface area contributed by atoms with Gasteiger partial charge in [-0.1, -0.05) is 60.7 Å². The fourth-order valence-corrected chi connectivity index (χ4v) is 3.55. The molecule has 2 N–H and O–H groups in total. The van der Waals surface area contributed by atoms with Crippen molar-refractivity contribution in [3.63, 3.8) is 0 Å². The summed E-state index contributed by atoms with van der Waals surface area (Å²) in [5.41, 5.74) is 2.80. The van der Waals surface area contributed by atoms with Crippen molar-refractivity contribution in [1.82, 2.24) is 10.6 Å². The van der Waals surface area contributed by atoms with Gasteiger partial charge in [0.1, 0.15) is 0 Å². The molecule has 6 nitrogen and oxygen atoms in total. The van der Waals surface area contributed by atoms with E-state index in [9.17, 15) is 9.59 Å². The second kappa shape index (κ2) is 11.6. The molecule has 0 fully saturated rings. The topological polar surface area (TPSA) is 76.7 Å². The first kappa shape index (κ1) is 22.9. The van der Waals surface area contributed by atoms with Gasteiger partial charge >= 0.3 is 0 Å². The van der Waals surface area contributed by atoms with Crippen molar-refractivity contribution in [2.45, 2.75) is 12.3 Å². The third-order valence-electron chi connectivity index (χ3n) is 5.21. The molecule has 166 valence electrons. The van der Waals surface area contributed by atoms with Gasteiger partial charge in [0, 0.05) is 18.0 Å². The van der Waals surface area contributed by atoms with Crippen LogP contribution in [0.2, 0.25) is 0 Å². The summed E-state index contributed by atoms with van der Waals surface area (Å²) < 4.78 is 10.4. The van der Waals surface area contributed by atoms with Crippen LogP contribution in [-0.4, -0.2) is 39.1 Å². The first-order chi connectivity index (χ1) is 15.6. The Kier molecular flexibility index (Phi) is 8.26. The van der Waals surface area contributed by atoms with E-state index in [-0.39, 0.29) is 24.3 Å². The highest BCUT2D eigenvalue weighted by Crippen LogP contribution is 2.28. The molecule has 3 aromatic rings. The van der Waals surface area contributed by atoms with Crippen molar-refractivity contribution >= 4 is 11.8 Å². The first-order valence-corrected chi connectivity index (χ1v) is 10.5. The van der Waals surface area contributed by atoms with Gasteiger partial charge in [0.05, 0.1) is 20.8 Å². The lowest BCUT2D eigenvalue weighted by Crippen LogP contribution is -2.37. The van der Waals surface area contributed by atoms with Crippen molar-refractivity contribution in [3.05, 3.63) is 95.6 Å². The summed E-state index contributed by atoms with van der Waals surface area (Å²) in [6, 6.07) is 25.3. The van der Waals surface area contributed by atoms with E-state index in [0.29, 0.717) is 23.6 Å². The minimum atomic E-state index is -0.354. The highest BCUT2D eigenvalue weighted by Gasteiger charge is 2.15. The lowest BCUT2D eigenvalue weighted by molar-refractivity contribution is -0.120. The van der Waals surface area contributed by atoms with Crippen LogP contribution in [0.15, 0.2) is 78.9 Å². The summed E-state index contributed by atoms with van der Waals surface area (Å²) in [4.78, 5) is 24.7. The van der Waals surface area contributed by atoms with Crippen LogP contribution in [0.1, 0.15) is 33.8 Å². The van der Waals surface area contributed by atoms with Gasteiger partial charge in [-0.05, 0) is 35.7 Å². The standard InChI is InChI=1S/C26H28N2O4/c1-31-23-14-13-21(17-24(23)32-2)26(30)28-18-25(29)27-16-15-22(19-9-5-3-6-10-19)20-11-7-4-8-12-20/h3-14,17,22H,15-16,18H2,1-2H3,(H,27,29)(H,28,30). The van der Waals surface area contributed by atoms with E-state index in [1.165, 1.54) is 25.3 Å². The molecule has 0 aliphatic heterocycles.